The van der Waals surface area contributed by atoms with E-state index in [0.29, 0.717) is 5.92 Å². The third kappa shape index (κ3) is 4.45. The van der Waals surface area contributed by atoms with Crippen LogP contribution in [0, 0.1) is 5.92 Å². The van der Waals surface area contributed by atoms with Crippen molar-refractivity contribution in [3.63, 3.8) is 0 Å². The molecule has 2 saturated heterocycles. The van der Waals surface area contributed by atoms with Gasteiger partial charge in [-0.05, 0) is 55.1 Å². The molecule has 2 aromatic carbocycles. The van der Waals surface area contributed by atoms with Crippen LogP contribution in [0.15, 0.2) is 54.1 Å². The second kappa shape index (κ2) is 9.47. The highest BCUT2D eigenvalue weighted by Gasteiger charge is 2.29. The number of hydrogen-bond donors (Lipinski definition) is 0. The summed E-state index contributed by atoms with van der Waals surface area (Å²) in [6.45, 7) is 6.35. The Labute approximate surface area is 190 Å². The number of carbonyl (C=O) groups excluding carboxylic acids is 1. The summed E-state index contributed by atoms with van der Waals surface area (Å²) >= 11 is 0. The number of methoxy groups -OCH3 is 1. The van der Waals surface area contributed by atoms with E-state index in [2.05, 4.69) is 52.3 Å². The second-order valence-electron chi connectivity index (χ2n) is 9.08. The van der Waals surface area contributed by atoms with Crippen molar-refractivity contribution in [3.05, 3.63) is 70.8 Å². The molecule has 2 aromatic rings. The summed E-state index contributed by atoms with van der Waals surface area (Å²) in [6.07, 6.45) is 5.23. The van der Waals surface area contributed by atoms with E-state index in [9.17, 15) is 4.79 Å². The number of nitrogens with zero attached hydrogens (tertiary/aromatic N) is 2. The van der Waals surface area contributed by atoms with Gasteiger partial charge >= 0.3 is 0 Å². The predicted molar refractivity (Wildman–Crippen MR) is 127 cm³/mol. The number of Topliss-reactive ketones (excluding diaryl/α,β-unsaturated/α-hetero) is 1. The summed E-state index contributed by atoms with van der Waals surface area (Å²) in [6, 6.07) is 14.8. The van der Waals surface area contributed by atoms with Crippen LogP contribution in [0.4, 0.5) is 5.69 Å². The lowest BCUT2D eigenvalue weighted by atomic mass is 9.93. The van der Waals surface area contributed by atoms with Crippen molar-refractivity contribution in [2.24, 2.45) is 5.92 Å². The molecule has 0 radical (unpaired) electrons. The molecular weight excluding hydrogens is 400 g/mol. The van der Waals surface area contributed by atoms with Crippen molar-refractivity contribution in [1.82, 2.24) is 4.90 Å². The maximum absolute atomic E-state index is 13.2. The molecule has 5 rings (SSSR count). The van der Waals surface area contributed by atoms with Gasteiger partial charge in [0, 0.05) is 37.2 Å². The van der Waals surface area contributed by atoms with Gasteiger partial charge < -0.3 is 14.4 Å². The van der Waals surface area contributed by atoms with Gasteiger partial charge in [0.15, 0.2) is 5.78 Å². The topological polar surface area (TPSA) is 42.0 Å². The molecule has 0 N–H and O–H groups in total. The molecule has 5 heteroatoms. The highest BCUT2D eigenvalue weighted by molar-refractivity contribution is 6.13. The van der Waals surface area contributed by atoms with E-state index in [-0.39, 0.29) is 5.78 Å². The Balaban J connectivity index is 1.26. The van der Waals surface area contributed by atoms with E-state index in [1.54, 1.807) is 7.11 Å². The number of likely N-dealkylation sites (tertiary alicyclic amines) is 1. The predicted octanol–water partition coefficient (Wildman–Crippen LogP) is 4.11. The summed E-state index contributed by atoms with van der Waals surface area (Å²) in [5.74, 6) is 1.45. The molecule has 0 unspecified atom stereocenters. The van der Waals surface area contributed by atoms with E-state index in [0.717, 1.165) is 93.3 Å². The maximum Gasteiger partial charge on any atom is 0.189 e. The van der Waals surface area contributed by atoms with Crippen molar-refractivity contribution in [3.8, 4) is 5.75 Å². The third-order valence-corrected chi connectivity index (χ3v) is 6.99. The number of fused-ring (bicyclic) bond motifs is 1. The number of allylic oxidation sites excluding steroid dienone is 2. The number of ether oxygens (including phenoxy) is 2. The summed E-state index contributed by atoms with van der Waals surface area (Å²) in [4.78, 5) is 18.0. The van der Waals surface area contributed by atoms with Crippen LogP contribution in [0.2, 0.25) is 0 Å². The van der Waals surface area contributed by atoms with Crippen molar-refractivity contribution < 1.29 is 14.3 Å². The first-order valence-corrected chi connectivity index (χ1v) is 11.8. The quantitative estimate of drug-likeness (QED) is 0.665. The average Bonchev–Trinajstić information content (AvgIpc) is 3.15. The molecule has 168 valence electrons. The van der Waals surface area contributed by atoms with E-state index in [1.165, 1.54) is 5.56 Å². The Morgan fingerprint density at radius 1 is 1.06 bits per heavy atom. The lowest BCUT2D eigenvalue weighted by Gasteiger charge is -2.30. The maximum atomic E-state index is 13.2. The highest BCUT2D eigenvalue weighted by atomic mass is 16.5. The highest BCUT2D eigenvalue weighted by Crippen LogP contribution is 2.38. The van der Waals surface area contributed by atoms with E-state index >= 15 is 0 Å². The Kier molecular flexibility index (Phi) is 6.28. The standard InChI is InChI=1S/C27H32N2O3/c1-31-26-18-24-22(17-25(26)29-11-13-32-14-12-29)16-23(27(24)30)15-20-7-9-28(10-8-20)19-21-5-3-2-4-6-21/h2-6,15,17-18,20H,7-14,16,19H2,1H3/b23-15+. The Morgan fingerprint density at radius 2 is 1.81 bits per heavy atom. The number of rotatable bonds is 5. The molecule has 0 amide bonds. The molecule has 2 heterocycles. The third-order valence-electron chi connectivity index (χ3n) is 6.99. The minimum Gasteiger partial charge on any atom is -0.495 e. The van der Waals surface area contributed by atoms with Gasteiger partial charge in [-0.3, -0.25) is 9.69 Å². The Bertz CT molecular complexity index is 987. The molecule has 2 aliphatic heterocycles. The van der Waals surface area contributed by atoms with Gasteiger partial charge in [0.1, 0.15) is 5.75 Å². The van der Waals surface area contributed by atoms with Gasteiger partial charge in [0.2, 0.25) is 0 Å². The second-order valence-corrected chi connectivity index (χ2v) is 9.08. The summed E-state index contributed by atoms with van der Waals surface area (Å²) in [5, 5.41) is 0. The minimum absolute atomic E-state index is 0.179. The average molecular weight is 433 g/mol. The Morgan fingerprint density at radius 3 is 2.53 bits per heavy atom. The molecule has 0 spiro atoms. The van der Waals surface area contributed by atoms with E-state index in [1.807, 2.05) is 6.07 Å². The van der Waals surface area contributed by atoms with Gasteiger partial charge in [0.25, 0.3) is 0 Å². The Hall–Kier alpha value is -2.63. The number of benzene rings is 2. The zero-order valence-corrected chi connectivity index (χ0v) is 18.9. The van der Waals surface area contributed by atoms with Gasteiger partial charge in [-0.25, -0.2) is 0 Å². The van der Waals surface area contributed by atoms with E-state index in [4.69, 9.17) is 9.47 Å². The molecular formula is C27H32N2O3. The first kappa shape index (κ1) is 21.2. The summed E-state index contributed by atoms with van der Waals surface area (Å²) in [5.41, 5.74) is 5.35. The lowest BCUT2D eigenvalue weighted by molar-refractivity contribution is 0.103. The van der Waals surface area contributed by atoms with Gasteiger partial charge in [-0.2, -0.15) is 0 Å². The molecule has 0 saturated carbocycles. The number of morpholine rings is 1. The number of piperidine rings is 1. The molecule has 3 aliphatic rings. The fourth-order valence-corrected chi connectivity index (χ4v) is 5.18. The fraction of sp³-hybridized carbons (Fsp3) is 0.444. The molecule has 2 fully saturated rings. The molecule has 32 heavy (non-hydrogen) atoms. The number of anilines is 1. The normalized spacial score (nSPS) is 21.2. The van der Waals surface area contributed by atoms with Crippen LogP contribution in [-0.4, -0.2) is 57.2 Å². The van der Waals surface area contributed by atoms with Crippen molar-refractivity contribution in [1.29, 1.82) is 0 Å². The van der Waals surface area contributed by atoms with Crippen molar-refractivity contribution in [2.45, 2.75) is 25.8 Å². The van der Waals surface area contributed by atoms with Crippen LogP contribution in [0.1, 0.15) is 34.3 Å². The minimum atomic E-state index is 0.179. The lowest BCUT2D eigenvalue weighted by Crippen LogP contribution is -2.36. The van der Waals surface area contributed by atoms with Crippen molar-refractivity contribution >= 4 is 11.5 Å². The molecule has 0 atom stereocenters. The van der Waals surface area contributed by atoms with Crippen LogP contribution in [0.5, 0.6) is 5.75 Å². The van der Waals surface area contributed by atoms with Gasteiger partial charge in [0.05, 0.1) is 26.0 Å². The molecule has 1 aliphatic carbocycles. The van der Waals surface area contributed by atoms with Crippen molar-refractivity contribution in [2.75, 3.05) is 51.4 Å². The molecule has 5 nitrogen and oxygen atoms in total. The summed E-state index contributed by atoms with van der Waals surface area (Å²) in [7, 11) is 1.69. The summed E-state index contributed by atoms with van der Waals surface area (Å²) < 4.78 is 11.2. The number of hydrogen-bond acceptors (Lipinski definition) is 5. The zero-order valence-electron chi connectivity index (χ0n) is 18.9. The zero-order chi connectivity index (χ0) is 21.9. The SMILES string of the molecule is COc1cc2c(cc1N1CCOCC1)C/C(=C\C1CCN(Cc3ccccc3)CC1)C2=O. The van der Waals surface area contributed by atoms with E-state index < -0.39 is 0 Å². The first-order chi connectivity index (χ1) is 15.7. The first-order valence-electron chi connectivity index (χ1n) is 11.8. The van der Waals surface area contributed by atoms with Crippen LogP contribution in [0.25, 0.3) is 0 Å². The van der Waals surface area contributed by atoms with Crippen LogP contribution < -0.4 is 9.64 Å². The smallest absolute Gasteiger partial charge is 0.189 e. The van der Waals surface area contributed by atoms with Crippen LogP contribution in [0.3, 0.4) is 0 Å². The van der Waals surface area contributed by atoms with Crippen LogP contribution in [-0.2, 0) is 17.7 Å². The number of carbonyl (C=O) groups is 1. The fourth-order valence-electron chi connectivity index (χ4n) is 5.18. The van der Waals surface area contributed by atoms with Gasteiger partial charge in [-0.15, -0.1) is 0 Å². The van der Waals surface area contributed by atoms with Crippen LogP contribution >= 0.6 is 0 Å². The molecule has 0 bridgehead atoms. The monoisotopic (exact) mass is 432 g/mol. The van der Waals surface area contributed by atoms with Gasteiger partial charge in [-0.1, -0.05) is 36.4 Å². The molecule has 0 aromatic heterocycles. The number of ketones is 1. The largest absolute Gasteiger partial charge is 0.495 e.